The van der Waals surface area contributed by atoms with Crippen LogP contribution in [0, 0.1) is 19.8 Å². The second-order valence-corrected chi connectivity index (χ2v) is 10.6. The molecule has 1 aromatic heterocycles. The second-order valence-electron chi connectivity index (χ2n) is 9.34. The molecule has 1 saturated heterocycles. The van der Waals surface area contributed by atoms with Gasteiger partial charge in [-0.1, -0.05) is 11.6 Å². The molecule has 36 heavy (non-hydrogen) atoms. The van der Waals surface area contributed by atoms with Gasteiger partial charge in [0.15, 0.2) is 11.5 Å². The van der Waals surface area contributed by atoms with Crippen LogP contribution in [-0.2, 0) is 11.3 Å². The van der Waals surface area contributed by atoms with E-state index in [-0.39, 0.29) is 24.1 Å². The third kappa shape index (κ3) is 5.85. The average molecular weight is 536 g/mol. The minimum atomic E-state index is -0.318. The molecule has 196 valence electrons. The number of thioether (sulfide) groups is 1. The Balaban J connectivity index is 1.47. The molecule has 4 rings (SSSR count). The molecular weight excluding hydrogens is 502 g/mol. The Hall–Kier alpha value is -2.20. The SMILES string of the molecule is COCCN1CCC([C@H]2COc3c(Cl)cc(C(=O)NCc4c(SC)cc(C)[nH]c4=O)c(C)c3O2)CC1. The van der Waals surface area contributed by atoms with E-state index in [4.69, 9.17) is 25.8 Å². The lowest BCUT2D eigenvalue weighted by Crippen LogP contribution is -2.44. The quantitative estimate of drug-likeness (QED) is 0.497. The van der Waals surface area contributed by atoms with Gasteiger partial charge in [-0.15, -0.1) is 11.8 Å². The highest BCUT2D eigenvalue weighted by atomic mass is 35.5. The van der Waals surface area contributed by atoms with E-state index in [1.165, 1.54) is 11.8 Å². The number of benzene rings is 1. The van der Waals surface area contributed by atoms with Crippen molar-refractivity contribution in [3.05, 3.63) is 49.9 Å². The van der Waals surface area contributed by atoms with E-state index < -0.39 is 0 Å². The normalized spacial score (nSPS) is 18.3. The van der Waals surface area contributed by atoms with E-state index in [0.717, 1.165) is 49.7 Å². The highest BCUT2D eigenvalue weighted by Gasteiger charge is 2.34. The molecule has 10 heteroatoms. The van der Waals surface area contributed by atoms with Crippen LogP contribution in [0.15, 0.2) is 21.8 Å². The number of rotatable bonds is 8. The zero-order chi connectivity index (χ0) is 25.8. The van der Waals surface area contributed by atoms with Gasteiger partial charge in [0, 0.05) is 53.4 Å². The maximum atomic E-state index is 13.2. The van der Waals surface area contributed by atoms with Crippen molar-refractivity contribution >= 4 is 29.3 Å². The van der Waals surface area contributed by atoms with E-state index in [9.17, 15) is 9.59 Å². The van der Waals surface area contributed by atoms with Gasteiger partial charge in [0.25, 0.3) is 11.5 Å². The van der Waals surface area contributed by atoms with Crippen LogP contribution in [0.25, 0.3) is 0 Å². The fraction of sp³-hybridized carbons (Fsp3) is 0.538. The number of carbonyl (C=O) groups is 1. The van der Waals surface area contributed by atoms with E-state index in [1.54, 1.807) is 13.2 Å². The van der Waals surface area contributed by atoms with Gasteiger partial charge in [-0.25, -0.2) is 0 Å². The standard InChI is InChI=1S/C26H34ClN3O5S/c1-15-11-22(36-4)19(26(32)29-15)13-28-25(31)18-12-20(27)24-23(16(18)2)35-21(14-34-24)17-5-7-30(8-6-17)9-10-33-3/h11-12,17,21H,5-10,13-14H2,1-4H3,(H,28,31)(H,29,32)/t21-/m1/s1. The summed E-state index contributed by atoms with van der Waals surface area (Å²) in [5.41, 5.74) is 2.19. The lowest BCUT2D eigenvalue weighted by Gasteiger charge is -2.38. The third-order valence-electron chi connectivity index (χ3n) is 6.99. The molecule has 2 aromatic rings. The number of nitrogens with one attached hydrogen (secondary N) is 2. The van der Waals surface area contributed by atoms with Crippen LogP contribution in [0.1, 0.15) is 40.0 Å². The number of amides is 1. The number of fused-ring (bicyclic) bond motifs is 1. The van der Waals surface area contributed by atoms with Crippen molar-refractivity contribution < 1.29 is 19.0 Å². The number of aryl methyl sites for hydroxylation is 1. The Morgan fingerprint density at radius 2 is 2.03 bits per heavy atom. The summed E-state index contributed by atoms with van der Waals surface area (Å²) < 4.78 is 17.7. The summed E-state index contributed by atoms with van der Waals surface area (Å²) in [6.45, 7) is 7.90. The first-order chi connectivity index (χ1) is 17.3. The van der Waals surface area contributed by atoms with Crippen LogP contribution in [0.2, 0.25) is 5.02 Å². The van der Waals surface area contributed by atoms with Gasteiger partial charge in [0.05, 0.1) is 11.6 Å². The number of aromatic nitrogens is 1. The Morgan fingerprint density at radius 3 is 2.72 bits per heavy atom. The molecule has 1 amide bonds. The summed E-state index contributed by atoms with van der Waals surface area (Å²) in [6.07, 6.45) is 3.85. The number of methoxy groups -OCH3 is 1. The van der Waals surface area contributed by atoms with Crippen LogP contribution >= 0.6 is 23.4 Å². The van der Waals surface area contributed by atoms with E-state index in [2.05, 4.69) is 15.2 Å². The number of hydrogen-bond acceptors (Lipinski definition) is 7. The van der Waals surface area contributed by atoms with E-state index in [0.29, 0.717) is 45.7 Å². The molecule has 0 spiro atoms. The number of ether oxygens (including phenoxy) is 3. The minimum absolute atomic E-state index is 0.0922. The van der Waals surface area contributed by atoms with Crippen LogP contribution in [0.4, 0.5) is 0 Å². The largest absolute Gasteiger partial charge is 0.484 e. The Morgan fingerprint density at radius 1 is 1.28 bits per heavy atom. The number of carbonyl (C=O) groups excluding carboxylic acids is 1. The van der Waals surface area contributed by atoms with Crippen molar-refractivity contribution in [2.75, 3.05) is 46.2 Å². The molecular formula is C26H34ClN3O5S. The molecule has 3 heterocycles. The number of piperidine rings is 1. The second kappa shape index (κ2) is 11.9. The van der Waals surface area contributed by atoms with Gasteiger partial charge < -0.3 is 29.4 Å². The molecule has 2 N–H and O–H groups in total. The lowest BCUT2D eigenvalue weighted by molar-refractivity contribution is 0.0166. The van der Waals surface area contributed by atoms with Crippen LogP contribution in [0.5, 0.6) is 11.5 Å². The molecule has 1 fully saturated rings. The first kappa shape index (κ1) is 26.9. The van der Waals surface area contributed by atoms with Crippen molar-refractivity contribution in [3.63, 3.8) is 0 Å². The summed E-state index contributed by atoms with van der Waals surface area (Å²) in [6, 6.07) is 3.51. The van der Waals surface area contributed by atoms with Gasteiger partial charge in [-0.3, -0.25) is 9.59 Å². The molecule has 8 nitrogen and oxygen atoms in total. The topological polar surface area (TPSA) is 92.9 Å². The molecule has 0 aliphatic carbocycles. The average Bonchev–Trinajstić information content (AvgIpc) is 2.88. The fourth-order valence-electron chi connectivity index (χ4n) is 4.87. The maximum Gasteiger partial charge on any atom is 0.254 e. The number of nitrogens with zero attached hydrogens (tertiary/aromatic N) is 1. The monoisotopic (exact) mass is 535 g/mol. The fourth-order valence-corrected chi connectivity index (χ4v) is 5.82. The van der Waals surface area contributed by atoms with Gasteiger partial charge in [-0.05, 0) is 58.2 Å². The molecule has 2 aliphatic rings. The van der Waals surface area contributed by atoms with Crippen molar-refractivity contribution in [2.24, 2.45) is 5.92 Å². The number of pyridine rings is 1. The zero-order valence-electron chi connectivity index (χ0n) is 21.2. The molecule has 2 aliphatic heterocycles. The molecule has 1 aromatic carbocycles. The van der Waals surface area contributed by atoms with Crippen molar-refractivity contribution in [2.45, 2.75) is 44.2 Å². The highest BCUT2D eigenvalue weighted by molar-refractivity contribution is 7.98. The predicted octanol–water partition coefficient (Wildman–Crippen LogP) is 3.80. The molecule has 0 bridgehead atoms. The van der Waals surface area contributed by atoms with E-state index >= 15 is 0 Å². The first-order valence-electron chi connectivity index (χ1n) is 12.2. The molecule has 1 atom stereocenters. The summed E-state index contributed by atoms with van der Waals surface area (Å²) in [7, 11) is 1.73. The van der Waals surface area contributed by atoms with Crippen molar-refractivity contribution in [1.82, 2.24) is 15.2 Å². The molecule has 0 saturated carbocycles. The number of hydrogen-bond donors (Lipinski definition) is 2. The van der Waals surface area contributed by atoms with Crippen LogP contribution in [-0.4, -0.2) is 68.1 Å². The number of likely N-dealkylation sites (tertiary alicyclic amines) is 1. The molecule has 0 radical (unpaired) electrons. The predicted molar refractivity (Wildman–Crippen MR) is 142 cm³/mol. The zero-order valence-corrected chi connectivity index (χ0v) is 22.8. The maximum absolute atomic E-state index is 13.2. The summed E-state index contributed by atoms with van der Waals surface area (Å²) >= 11 is 7.98. The first-order valence-corrected chi connectivity index (χ1v) is 13.8. The van der Waals surface area contributed by atoms with Crippen molar-refractivity contribution in [1.29, 1.82) is 0 Å². The van der Waals surface area contributed by atoms with Gasteiger partial charge in [0.2, 0.25) is 0 Å². The summed E-state index contributed by atoms with van der Waals surface area (Å²) in [5, 5.41) is 3.22. The summed E-state index contributed by atoms with van der Waals surface area (Å²) in [5.74, 6) is 1.06. The van der Waals surface area contributed by atoms with Crippen molar-refractivity contribution in [3.8, 4) is 11.5 Å². The smallest absolute Gasteiger partial charge is 0.254 e. The number of H-pyrrole nitrogens is 1. The van der Waals surface area contributed by atoms with Gasteiger partial charge in [0.1, 0.15) is 12.7 Å². The lowest BCUT2D eigenvalue weighted by atomic mass is 9.90. The number of halogens is 1. The van der Waals surface area contributed by atoms with Crippen LogP contribution < -0.4 is 20.3 Å². The Labute approximate surface area is 221 Å². The Kier molecular flexibility index (Phi) is 8.87. The number of aromatic amines is 1. The Bertz CT molecular complexity index is 1160. The van der Waals surface area contributed by atoms with Gasteiger partial charge in [-0.2, -0.15) is 0 Å². The van der Waals surface area contributed by atoms with Gasteiger partial charge >= 0.3 is 0 Å². The highest BCUT2D eigenvalue weighted by Crippen LogP contribution is 2.44. The minimum Gasteiger partial charge on any atom is -0.484 e. The third-order valence-corrected chi connectivity index (χ3v) is 8.07. The molecule has 0 unspecified atom stereocenters. The van der Waals surface area contributed by atoms with E-state index in [1.807, 2.05) is 26.2 Å². The van der Waals surface area contributed by atoms with Crippen LogP contribution in [0.3, 0.4) is 0 Å². The summed E-state index contributed by atoms with van der Waals surface area (Å²) in [4.78, 5) is 31.7.